The molecule has 0 unspecified atom stereocenters. The van der Waals surface area contributed by atoms with Crippen LogP contribution in [0.4, 0.5) is 0 Å². The van der Waals surface area contributed by atoms with E-state index in [1.54, 1.807) is 12.1 Å². The smallest absolute Gasteiger partial charge is 0.309 e. The molecule has 1 aromatic rings. The summed E-state index contributed by atoms with van der Waals surface area (Å²) in [4.78, 5) is 11.0. The van der Waals surface area contributed by atoms with Gasteiger partial charge in [0.25, 0.3) is 0 Å². The van der Waals surface area contributed by atoms with E-state index in [-0.39, 0.29) is 12.4 Å². The molecule has 1 rings (SSSR count). The Kier molecular flexibility index (Phi) is 4.30. The number of methoxy groups -OCH3 is 1. The minimum absolute atomic E-state index is 0.164. The third kappa shape index (κ3) is 3.05. The lowest BCUT2D eigenvalue weighted by atomic mass is 10.1. The van der Waals surface area contributed by atoms with Gasteiger partial charge in [0.15, 0.2) is 0 Å². The number of halogens is 2. The zero-order valence-electron chi connectivity index (χ0n) is 7.88. The van der Waals surface area contributed by atoms with Crippen LogP contribution in [-0.4, -0.2) is 13.1 Å². The van der Waals surface area contributed by atoms with E-state index >= 15 is 0 Å². The number of carbonyl (C=O) groups excluding carboxylic acids is 1. The Balaban J connectivity index is 3.07. The lowest BCUT2D eigenvalue weighted by Crippen LogP contribution is -2.04. The molecule has 0 aromatic heterocycles. The van der Waals surface area contributed by atoms with Gasteiger partial charge in [-0.05, 0) is 49.6 Å². The summed E-state index contributed by atoms with van der Waals surface area (Å²) in [5.41, 5.74) is 1.23. The largest absolute Gasteiger partial charge is 0.469 e. The minimum Gasteiger partial charge on any atom is -0.469 e. The zero-order valence-corrected chi connectivity index (χ0v) is 11.1. The predicted octanol–water partition coefficient (Wildman–Crippen LogP) is 2.80. The number of nitrogens with zero attached hydrogens (tertiary/aromatic N) is 1. The fourth-order valence-electron chi connectivity index (χ4n) is 1.07. The molecule has 0 radical (unpaired) electrons. The first-order valence-electron chi connectivity index (χ1n) is 4.03. The summed E-state index contributed by atoms with van der Waals surface area (Å²) in [5, 5.41) is 8.84. The normalized spacial score (nSPS) is 9.47. The van der Waals surface area contributed by atoms with Gasteiger partial charge < -0.3 is 4.74 Å². The summed E-state index contributed by atoms with van der Waals surface area (Å²) in [6, 6.07) is 5.48. The first-order chi connectivity index (χ1) is 7.08. The van der Waals surface area contributed by atoms with Gasteiger partial charge in [-0.3, -0.25) is 4.79 Å². The molecule has 1 aromatic carbocycles. The van der Waals surface area contributed by atoms with Gasteiger partial charge in [-0.2, -0.15) is 5.26 Å². The molecular weight excluding hydrogens is 326 g/mol. The summed E-state index contributed by atoms with van der Waals surface area (Å²) in [5.74, 6) is -0.326. The van der Waals surface area contributed by atoms with Gasteiger partial charge in [-0.1, -0.05) is 0 Å². The molecule has 0 atom stereocenters. The van der Waals surface area contributed by atoms with E-state index in [4.69, 9.17) is 5.26 Å². The molecule has 0 heterocycles. The number of rotatable bonds is 2. The lowest BCUT2D eigenvalue weighted by Gasteiger charge is -2.04. The Morgan fingerprint density at radius 2 is 2.20 bits per heavy atom. The van der Waals surface area contributed by atoms with Crippen molar-refractivity contribution in [2.24, 2.45) is 0 Å². The third-order valence-corrected chi connectivity index (χ3v) is 3.80. The SMILES string of the molecule is COC(=O)Cc1cc(Br)c(Br)c(C#N)c1. The van der Waals surface area contributed by atoms with Gasteiger partial charge in [0.2, 0.25) is 0 Å². The highest BCUT2D eigenvalue weighted by Crippen LogP contribution is 2.28. The van der Waals surface area contributed by atoms with Crippen molar-refractivity contribution in [1.82, 2.24) is 0 Å². The van der Waals surface area contributed by atoms with E-state index in [0.717, 1.165) is 10.0 Å². The summed E-state index contributed by atoms with van der Waals surface area (Å²) in [6.07, 6.45) is 0.164. The van der Waals surface area contributed by atoms with Crippen molar-refractivity contribution in [3.05, 3.63) is 32.2 Å². The van der Waals surface area contributed by atoms with Crippen LogP contribution in [-0.2, 0) is 16.0 Å². The topological polar surface area (TPSA) is 50.1 Å². The van der Waals surface area contributed by atoms with Crippen LogP contribution in [0.5, 0.6) is 0 Å². The maximum absolute atomic E-state index is 11.0. The molecule has 0 N–H and O–H groups in total. The lowest BCUT2D eigenvalue weighted by molar-refractivity contribution is -0.139. The number of nitriles is 1. The molecule has 3 nitrogen and oxygen atoms in total. The Hall–Kier alpha value is -0.860. The first kappa shape index (κ1) is 12.2. The summed E-state index contributed by atoms with van der Waals surface area (Å²) < 4.78 is 5.99. The van der Waals surface area contributed by atoms with Crippen molar-refractivity contribution in [1.29, 1.82) is 5.26 Å². The molecule has 0 aliphatic rings. The van der Waals surface area contributed by atoms with E-state index in [1.807, 2.05) is 6.07 Å². The molecule has 78 valence electrons. The summed E-state index contributed by atoms with van der Waals surface area (Å²) in [6.45, 7) is 0. The van der Waals surface area contributed by atoms with Gasteiger partial charge in [-0.25, -0.2) is 0 Å². The highest BCUT2D eigenvalue weighted by atomic mass is 79.9. The van der Waals surface area contributed by atoms with Gasteiger partial charge >= 0.3 is 5.97 Å². The minimum atomic E-state index is -0.326. The maximum Gasteiger partial charge on any atom is 0.309 e. The van der Waals surface area contributed by atoms with Crippen LogP contribution in [0.25, 0.3) is 0 Å². The number of hydrogen-bond donors (Lipinski definition) is 0. The third-order valence-electron chi connectivity index (χ3n) is 1.78. The van der Waals surface area contributed by atoms with Crippen molar-refractivity contribution in [3.8, 4) is 6.07 Å². The molecule has 0 amide bonds. The second kappa shape index (κ2) is 5.29. The molecular formula is C10H7Br2NO2. The van der Waals surface area contributed by atoms with Crippen molar-refractivity contribution < 1.29 is 9.53 Å². The van der Waals surface area contributed by atoms with Gasteiger partial charge in [-0.15, -0.1) is 0 Å². The quantitative estimate of drug-likeness (QED) is 0.782. The fourth-order valence-corrected chi connectivity index (χ4v) is 1.89. The van der Waals surface area contributed by atoms with Crippen LogP contribution >= 0.6 is 31.9 Å². The van der Waals surface area contributed by atoms with Crippen molar-refractivity contribution in [3.63, 3.8) is 0 Å². The maximum atomic E-state index is 11.0. The number of hydrogen-bond acceptors (Lipinski definition) is 3. The first-order valence-corrected chi connectivity index (χ1v) is 5.62. The highest BCUT2D eigenvalue weighted by molar-refractivity contribution is 9.13. The van der Waals surface area contributed by atoms with E-state index in [1.165, 1.54) is 7.11 Å². The van der Waals surface area contributed by atoms with E-state index in [2.05, 4.69) is 36.6 Å². The Morgan fingerprint density at radius 1 is 1.53 bits per heavy atom. The molecule has 0 spiro atoms. The van der Waals surface area contributed by atoms with Gasteiger partial charge in [0.05, 0.1) is 19.1 Å². The molecule has 5 heteroatoms. The molecule has 0 saturated carbocycles. The average molecular weight is 333 g/mol. The van der Waals surface area contributed by atoms with Crippen LogP contribution in [0.1, 0.15) is 11.1 Å². The van der Waals surface area contributed by atoms with Crippen LogP contribution in [0, 0.1) is 11.3 Å². The number of esters is 1. The van der Waals surface area contributed by atoms with Crippen LogP contribution in [0.2, 0.25) is 0 Å². The molecule has 15 heavy (non-hydrogen) atoms. The van der Waals surface area contributed by atoms with Crippen LogP contribution in [0.3, 0.4) is 0 Å². The van der Waals surface area contributed by atoms with E-state index < -0.39 is 0 Å². The molecule has 0 bridgehead atoms. The molecule has 0 aliphatic heterocycles. The molecule has 0 aliphatic carbocycles. The summed E-state index contributed by atoms with van der Waals surface area (Å²) in [7, 11) is 1.33. The fraction of sp³-hybridized carbons (Fsp3) is 0.200. The zero-order chi connectivity index (χ0) is 11.4. The monoisotopic (exact) mass is 331 g/mol. The Labute approximate surface area is 104 Å². The van der Waals surface area contributed by atoms with Crippen LogP contribution < -0.4 is 0 Å². The van der Waals surface area contributed by atoms with E-state index in [0.29, 0.717) is 10.0 Å². The Bertz CT molecular complexity index is 438. The van der Waals surface area contributed by atoms with Crippen molar-refractivity contribution in [2.45, 2.75) is 6.42 Å². The van der Waals surface area contributed by atoms with Crippen LogP contribution in [0.15, 0.2) is 21.1 Å². The Morgan fingerprint density at radius 3 is 2.73 bits per heavy atom. The molecule has 0 saturated heterocycles. The number of carbonyl (C=O) groups is 1. The highest BCUT2D eigenvalue weighted by Gasteiger charge is 2.09. The van der Waals surface area contributed by atoms with Gasteiger partial charge in [0.1, 0.15) is 6.07 Å². The summed E-state index contributed by atoms with van der Waals surface area (Å²) >= 11 is 6.57. The van der Waals surface area contributed by atoms with Crippen molar-refractivity contribution in [2.75, 3.05) is 7.11 Å². The second-order valence-electron chi connectivity index (χ2n) is 2.80. The van der Waals surface area contributed by atoms with Gasteiger partial charge in [0, 0.05) is 8.95 Å². The van der Waals surface area contributed by atoms with Crippen molar-refractivity contribution >= 4 is 37.8 Å². The van der Waals surface area contributed by atoms with E-state index in [9.17, 15) is 4.79 Å². The second-order valence-corrected chi connectivity index (χ2v) is 4.45. The average Bonchev–Trinajstić information content (AvgIpc) is 2.22. The molecule has 0 fully saturated rings. The number of ether oxygens (including phenoxy) is 1. The predicted molar refractivity (Wildman–Crippen MR) is 62.3 cm³/mol. The number of benzene rings is 1. The standard InChI is InChI=1S/C10H7Br2NO2/c1-15-9(14)4-6-2-7(5-13)10(12)8(11)3-6/h2-3H,4H2,1H3.